The highest BCUT2D eigenvalue weighted by Crippen LogP contribution is 2.33. The average Bonchev–Trinajstić information content (AvgIpc) is 2.81. The number of rotatable bonds is 4. The van der Waals surface area contributed by atoms with Gasteiger partial charge < -0.3 is 10.2 Å². The van der Waals surface area contributed by atoms with Crippen LogP contribution in [0.2, 0.25) is 0 Å². The zero-order chi connectivity index (χ0) is 13.9. The van der Waals surface area contributed by atoms with E-state index in [0.29, 0.717) is 0 Å². The minimum atomic E-state index is -4.37. The first-order chi connectivity index (χ1) is 8.97. The van der Waals surface area contributed by atoms with Crippen molar-refractivity contribution in [1.29, 1.82) is 0 Å². The summed E-state index contributed by atoms with van der Waals surface area (Å²) in [4.78, 5) is 6.07. The Morgan fingerprint density at radius 1 is 1.37 bits per heavy atom. The summed E-state index contributed by atoms with van der Waals surface area (Å²) >= 11 is 0. The minimum absolute atomic E-state index is 0.0610. The van der Waals surface area contributed by atoms with Crippen molar-refractivity contribution in [3.63, 3.8) is 0 Å². The second-order valence-electron chi connectivity index (χ2n) is 4.95. The third-order valence-electron chi connectivity index (χ3n) is 3.23. The van der Waals surface area contributed by atoms with E-state index in [4.69, 9.17) is 0 Å². The molecule has 1 unspecified atom stereocenters. The van der Waals surface area contributed by atoms with Gasteiger partial charge in [-0.25, -0.2) is 4.98 Å². The van der Waals surface area contributed by atoms with Gasteiger partial charge in [0.25, 0.3) is 0 Å². The van der Waals surface area contributed by atoms with E-state index in [0.717, 1.165) is 25.7 Å². The summed E-state index contributed by atoms with van der Waals surface area (Å²) in [5.41, 5.74) is -0.705. The van der Waals surface area contributed by atoms with Crippen molar-refractivity contribution in [2.45, 2.75) is 32.0 Å². The van der Waals surface area contributed by atoms with E-state index in [2.05, 4.69) is 15.2 Å². The van der Waals surface area contributed by atoms with Crippen molar-refractivity contribution < 1.29 is 13.2 Å². The van der Waals surface area contributed by atoms with E-state index in [9.17, 15) is 13.2 Å². The topological polar surface area (TPSA) is 28.2 Å². The summed E-state index contributed by atoms with van der Waals surface area (Å²) in [6.07, 6.45) is -0.654. The fourth-order valence-electron chi connectivity index (χ4n) is 2.38. The van der Waals surface area contributed by atoms with E-state index >= 15 is 0 Å². The molecule has 106 valence electrons. The molecule has 6 heteroatoms. The van der Waals surface area contributed by atoms with Crippen molar-refractivity contribution in [2.75, 3.05) is 25.0 Å². The summed E-state index contributed by atoms with van der Waals surface area (Å²) in [5, 5.41) is 2.87. The Kier molecular flexibility index (Phi) is 4.29. The van der Waals surface area contributed by atoms with Crippen molar-refractivity contribution in [3.05, 3.63) is 23.9 Å². The van der Waals surface area contributed by atoms with Gasteiger partial charge in [0.15, 0.2) is 0 Å². The first-order valence-corrected chi connectivity index (χ1v) is 6.48. The van der Waals surface area contributed by atoms with Crippen LogP contribution in [0.5, 0.6) is 0 Å². The number of halogens is 3. The molecule has 1 saturated heterocycles. The molecule has 1 aliphatic heterocycles. The van der Waals surface area contributed by atoms with Crippen LogP contribution in [0.25, 0.3) is 0 Å². The van der Waals surface area contributed by atoms with Crippen LogP contribution in [0.15, 0.2) is 18.3 Å². The predicted octanol–water partition coefficient (Wildman–Crippen LogP) is 3.00. The number of hydrogen-bond acceptors (Lipinski definition) is 3. The van der Waals surface area contributed by atoms with Crippen LogP contribution in [-0.4, -0.2) is 35.6 Å². The van der Waals surface area contributed by atoms with Crippen molar-refractivity contribution in [2.24, 2.45) is 0 Å². The molecular formula is C13H18F3N3. The number of aromatic nitrogens is 1. The normalized spacial score (nSPS) is 18.5. The molecule has 19 heavy (non-hydrogen) atoms. The highest BCUT2D eigenvalue weighted by atomic mass is 19.4. The Hall–Kier alpha value is -1.30. The van der Waals surface area contributed by atoms with Crippen LogP contribution in [0.3, 0.4) is 0 Å². The number of anilines is 1. The van der Waals surface area contributed by atoms with Gasteiger partial charge in [0.2, 0.25) is 0 Å². The highest BCUT2D eigenvalue weighted by molar-refractivity contribution is 5.46. The third-order valence-corrected chi connectivity index (χ3v) is 3.23. The predicted molar refractivity (Wildman–Crippen MR) is 68.0 cm³/mol. The molecule has 1 aromatic heterocycles. The monoisotopic (exact) mass is 273 g/mol. The van der Waals surface area contributed by atoms with Gasteiger partial charge in [-0.3, -0.25) is 0 Å². The standard InChI is InChI=1S/C13H18F3N3/c1-10(9-19-7-2-3-8-19)18-12-11(13(14,15)16)5-4-6-17-12/h4-6,10H,2-3,7-9H2,1H3,(H,17,18). The van der Waals surface area contributed by atoms with Crippen molar-refractivity contribution in [1.82, 2.24) is 9.88 Å². The van der Waals surface area contributed by atoms with Crippen LogP contribution in [0.1, 0.15) is 25.3 Å². The Bertz CT molecular complexity index is 414. The van der Waals surface area contributed by atoms with E-state index in [1.165, 1.54) is 25.1 Å². The second-order valence-corrected chi connectivity index (χ2v) is 4.95. The molecule has 1 N–H and O–H groups in total. The molecule has 2 heterocycles. The maximum absolute atomic E-state index is 12.8. The highest BCUT2D eigenvalue weighted by Gasteiger charge is 2.34. The Labute approximate surface area is 110 Å². The van der Waals surface area contributed by atoms with Gasteiger partial charge >= 0.3 is 6.18 Å². The number of nitrogens with one attached hydrogen (secondary N) is 1. The first-order valence-electron chi connectivity index (χ1n) is 6.48. The van der Waals surface area contributed by atoms with E-state index in [-0.39, 0.29) is 11.9 Å². The fourth-order valence-corrected chi connectivity index (χ4v) is 2.38. The fraction of sp³-hybridized carbons (Fsp3) is 0.615. The molecule has 1 aliphatic rings. The molecule has 1 fully saturated rings. The molecule has 0 aliphatic carbocycles. The summed E-state index contributed by atoms with van der Waals surface area (Å²) < 4.78 is 38.4. The van der Waals surface area contributed by atoms with Gasteiger partial charge in [-0.1, -0.05) is 0 Å². The summed E-state index contributed by atoms with van der Waals surface area (Å²) in [7, 11) is 0. The molecule has 1 aromatic rings. The van der Waals surface area contributed by atoms with Crippen LogP contribution in [0, 0.1) is 0 Å². The Morgan fingerprint density at radius 2 is 2.05 bits per heavy atom. The van der Waals surface area contributed by atoms with Gasteiger partial charge in [0.1, 0.15) is 5.82 Å². The van der Waals surface area contributed by atoms with Crippen molar-refractivity contribution >= 4 is 5.82 Å². The molecule has 0 saturated carbocycles. The maximum atomic E-state index is 12.8. The maximum Gasteiger partial charge on any atom is 0.419 e. The lowest BCUT2D eigenvalue weighted by atomic mass is 10.2. The Balaban J connectivity index is 2.01. The SMILES string of the molecule is CC(CN1CCCC1)Nc1ncccc1C(F)(F)F. The number of pyridine rings is 1. The zero-order valence-electron chi connectivity index (χ0n) is 10.9. The second kappa shape index (κ2) is 5.77. The summed E-state index contributed by atoms with van der Waals surface area (Å²) in [6.45, 7) is 4.68. The van der Waals surface area contributed by atoms with Crippen LogP contribution < -0.4 is 5.32 Å². The lowest BCUT2D eigenvalue weighted by Gasteiger charge is -2.23. The summed E-state index contributed by atoms with van der Waals surface area (Å²) in [6, 6.07) is 2.30. The van der Waals surface area contributed by atoms with Crippen molar-refractivity contribution in [3.8, 4) is 0 Å². The minimum Gasteiger partial charge on any atom is -0.366 e. The molecule has 0 spiro atoms. The van der Waals surface area contributed by atoms with Crippen LogP contribution in [0.4, 0.5) is 19.0 Å². The van der Waals surface area contributed by atoms with Crippen LogP contribution >= 0.6 is 0 Å². The number of alkyl halides is 3. The number of likely N-dealkylation sites (tertiary alicyclic amines) is 1. The van der Waals surface area contributed by atoms with Gasteiger partial charge in [0.05, 0.1) is 5.56 Å². The van der Waals surface area contributed by atoms with Gasteiger partial charge in [-0.05, 0) is 45.0 Å². The molecule has 0 amide bonds. The molecule has 1 atom stereocenters. The summed E-state index contributed by atoms with van der Waals surface area (Å²) in [5.74, 6) is -0.0818. The lowest BCUT2D eigenvalue weighted by molar-refractivity contribution is -0.137. The molecule has 0 aromatic carbocycles. The molecular weight excluding hydrogens is 255 g/mol. The van der Waals surface area contributed by atoms with Crippen LogP contribution in [-0.2, 0) is 6.18 Å². The van der Waals surface area contributed by atoms with Gasteiger partial charge in [-0.2, -0.15) is 13.2 Å². The quantitative estimate of drug-likeness (QED) is 0.914. The van der Waals surface area contributed by atoms with E-state index in [1.54, 1.807) is 0 Å². The zero-order valence-corrected chi connectivity index (χ0v) is 10.9. The lowest BCUT2D eigenvalue weighted by Crippen LogP contribution is -2.33. The smallest absolute Gasteiger partial charge is 0.366 e. The largest absolute Gasteiger partial charge is 0.419 e. The van der Waals surface area contributed by atoms with E-state index < -0.39 is 11.7 Å². The first kappa shape index (κ1) is 14.1. The average molecular weight is 273 g/mol. The molecule has 2 rings (SSSR count). The molecule has 0 bridgehead atoms. The number of nitrogens with zero attached hydrogens (tertiary/aromatic N) is 2. The molecule has 0 radical (unpaired) electrons. The molecule has 3 nitrogen and oxygen atoms in total. The Morgan fingerprint density at radius 3 is 2.68 bits per heavy atom. The van der Waals surface area contributed by atoms with Gasteiger partial charge in [0, 0.05) is 18.8 Å². The third kappa shape index (κ3) is 3.83. The number of hydrogen-bond donors (Lipinski definition) is 1. The van der Waals surface area contributed by atoms with Gasteiger partial charge in [-0.15, -0.1) is 0 Å². The van der Waals surface area contributed by atoms with E-state index in [1.807, 2.05) is 6.92 Å².